The van der Waals surface area contributed by atoms with Crippen LogP contribution in [0, 0.1) is 10.1 Å². The number of rotatable bonds is 4. The van der Waals surface area contributed by atoms with Crippen molar-refractivity contribution in [3.05, 3.63) is 75.3 Å². The van der Waals surface area contributed by atoms with E-state index in [-0.39, 0.29) is 5.69 Å². The van der Waals surface area contributed by atoms with Crippen molar-refractivity contribution in [1.29, 1.82) is 0 Å². The molecule has 0 atom stereocenters. The first-order chi connectivity index (χ1) is 10.1. The monoisotopic (exact) mass is 303 g/mol. The summed E-state index contributed by atoms with van der Waals surface area (Å²) in [4.78, 5) is 21.8. The Hall–Kier alpha value is -2.66. The first kappa shape index (κ1) is 14.7. The summed E-state index contributed by atoms with van der Waals surface area (Å²) in [5, 5.41) is 11.0. The van der Waals surface area contributed by atoms with E-state index < -0.39 is 10.9 Å². The van der Waals surface area contributed by atoms with E-state index in [9.17, 15) is 14.9 Å². The number of esters is 1. The molecule has 0 radical (unpaired) electrons. The van der Waals surface area contributed by atoms with Crippen molar-refractivity contribution in [2.75, 3.05) is 0 Å². The Labute approximate surface area is 125 Å². The highest BCUT2D eigenvalue weighted by Gasteiger charge is 2.08. The molecule has 0 fully saturated rings. The maximum absolute atomic E-state index is 11.6. The number of hydrogen-bond acceptors (Lipinski definition) is 4. The van der Waals surface area contributed by atoms with Crippen molar-refractivity contribution in [3.8, 4) is 5.75 Å². The zero-order chi connectivity index (χ0) is 15.2. The van der Waals surface area contributed by atoms with Crippen LogP contribution in [-0.2, 0) is 4.79 Å². The van der Waals surface area contributed by atoms with E-state index in [1.807, 2.05) is 0 Å². The zero-order valence-electron chi connectivity index (χ0n) is 10.7. The van der Waals surface area contributed by atoms with Crippen LogP contribution in [0.25, 0.3) is 6.08 Å². The summed E-state index contributed by atoms with van der Waals surface area (Å²) in [6.45, 7) is 0. The summed E-state index contributed by atoms with van der Waals surface area (Å²) in [5.74, 6) is -0.180. The maximum Gasteiger partial charge on any atom is 0.336 e. The highest BCUT2D eigenvalue weighted by Crippen LogP contribution is 2.23. The van der Waals surface area contributed by atoms with Gasteiger partial charge in [-0.2, -0.15) is 0 Å². The minimum absolute atomic E-state index is 0.101. The van der Waals surface area contributed by atoms with Crippen molar-refractivity contribution < 1.29 is 14.5 Å². The molecule has 0 aliphatic rings. The molecule has 5 nitrogen and oxygen atoms in total. The second kappa shape index (κ2) is 6.67. The van der Waals surface area contributed by atoms with Crippen LogP contribution < -0.4 is 4.74 Å². The third-order valence-corrected chi connectivity index (χ3v) is 2.90. The molecule has 0 heterocycles. The lowest BCUT2D eigenvalue weighted by Gasteiger charge is -2.00. The fourth-order valence-corrected chi connectivity index (χ4v) is 1.75. The van der Waals surface area contributed by atoms with Crippen LogP contribution in [0.3, 0.4) is 0 Å². The van der Waals surface area contributed by atoms with E-state index >= 15 is 0 Å². The number of benzene rings is 2. The SMILES string of the molecule is O=C(C=Cc1cc([N+](=O)[O-])ccc1Cl)Oc1ccccc1. The Morgan fingerprint density at radius 3 is 2.57 bits per heavy atom. The number of nitro benzene ring substituents is 1. The molecule has 6 heteroatoms. The Balaban J connectivity index is 2.12. The molecule has 0 aliphatic carbocycles. The van der Waals surface area contributed by atoms with Crippen molar-refractivity contribution in [2.45, 2.75) is 0 Å². The number of carbonyl (C=O) groups excluding carboxylic acids is 1. The number of halogens is 1. The summed E-state index contributed by atoms with van der Waals surface area (Å²) in [6.07, 6.45) is 2.54. The lowest BCUT2D eigenvalue weighted by atomic mass is 10.2. The fraction of sp³-hybridized carbons (Fsp3) is 0. The molecule has 0 saturated heterocycles. The van der Waals surface area contributed by atoms with Gasteiger partial charge in [0.25, 0.3) is 5.69 Å². The zero-order valence-corrected chi connectivity index (χ0v) is 11.5. The molecule has 0 unspecified atom stereocenters. The molecule has 2 aromatic rings. The van der Waals surface area contributed by atoms with Gasteiger partial charge >= 0.3 is 5.97 Å². The molecular formula is C15H10ClNO4. The van der Waals surface area contributed by atoms with Crippen molar-refractivity contribution in [3.63, 3.8) is 0 Å². The second-order valence-electron chi connectivity index (χ2n) is 4.03. The third kappa shape index (κ3) is 4.15. The highest BCUT2D eigenvalue weighted by atomic mass is 35.5. The molecule has 0 amide bonds. The van der Waals surface area contributed by atoms with Crippen LogP contribution in [0.2, 0.25) is 5.02 Å². The van der Waals surface area contributed by atoms with Gasteiger partial charge in [-0.1, -0.05) is 29.8 Å². The molecule has 2 aromatic carbocycles. The summed E-state index contributed by atoms with van der Waals surface area (Å²) in [6, 6.07) is 12.6. The van der Waals surface area contributed by atoms with E-state index in [4.69, 9.17) is 16.3 Å². The Bertz CT molecular complexity index is 698. The Kier molecular flexibility index (Phi) is 4.68. The van der Waals surface area contributed by atoms with Gasteiger partial charge in [0.2, 0.25) is 0 Å². The molecule has 0 saturated carbocycles. The molecular weight excluding hydrogens is 294 g/mol. The highest BCUT2D eigenvalue weighted by molar-refractivity contribution is 6.32. The summed E-state index contributed by atoms with van der Waals surface area (Å²) >= 11 is 5.92. The van der Waals surface area contributed by atoms with Gasteiger partial charge in [-0.3, -0.25) is 10.1 Å². The van der Waals surface area contributed by atoms with E-state index in [1.54, 1.807) is 30.3 Å². The summed E-state index contributed by atoms with van der Waals surface area (Å²) in [7, 11) is 0. The standard InChI is InChI=1S/C15H10ClNO4/c16-14-8-7-12(17(19)20)10-11(14)6-9-15(18)21-13-4-2-1-3-5-13/h1-10H. The first-order valence-electron chi connectivity index (χ1n) is 5.95. The number of ether oxygens (including phenoxy) is 1. The van der Waals surface area contributed by atoms with Crippen LogP contribution >= 0.6 is 11.6 Å². The van der Waals surface area contributed by atoms with Gasteiger partial charge in [0.1, 0.15) is 5.75 Å². The first-order valence-corrected chi connectivity index (χ1v) is 6.33. The van der Waals surface area contributed by atoms with Crippen molar-refractivity contribution in [1.82, 2.24) is 0 Å². The van der Waals surface area contributed by atoms with Crippen LogP contribution in [0.4, 0.5) is 5.69 Å². The Morgan fingerprint density at radius 2 is 1.90 bits per heavy atom. The molecule has 0 aliphatic heterocycles. The van der Waals surface area contributed by atoms with Crippen LogP contribution in [0.15, 0.2) is 54.6 Å². The molecule has 0 N–H and O–H groups in total. The van der Waals surface area contributed by atoms with Crippen LogP contribution in [0.5, 0.6) is 5.75 Å². The predicted octanol–water partition coefficient (Wildman–Crippen LogP) is 3.87. The van der Waals surface area contributed by atoms with Gasteiger partial charge in [-0.15, -0.1) is 0 Å². The molecule has 2 rings (SSSR count). The van der Waals surface area contributed by atoms with Crippen molar-refractivity contribution in [2.24, 2.45) is 0 Å². The quantitative estimate of drug-likeness (QED) is 0.283. The van der Waals surface area contributed by atoms with Crippen molar-refractivity contribution >= 4 is 29.3 Å². The number of non-ortho nitro benzene ring substituents is 1. The number of nitrogens with zero attached hydrogens (tertiary/aromatic N) is 1. The number of hydrogen-bond donors (Lipinski definition) is 0. The average molecular weight is 304 g/mol. The summed E-state index contributed by atoms with van der Waals surface area (Å²) in [5.41, 5.74) is 0.270. The van der Waals surface area contributed by atoms with E-state index in [0.717, 1.165) is 6.08 Å². The second-order valence-corrected chi connectivity index (χ2v) is 4.44. The van der Waals surface area contributed by atoms with Crippen LogP contribution in [0.1, 0.15) is 5.56 Å². The molecule has 106 valence electrons. The predicted molar refractivity (Wildman–Crippen MR) is 79.2 cm³/mol. The van der Waals surface area contributed by atoms with Gasteiger partial charge in [-0.25, -0.2) is 4.79 Å². The molecule has 0 spiro atoms. The smallest absolute Gasteiger partial charge is 0.336 e. The lowest BCUT2D eigenvalue weighted by molar-refractivity contribution is -0.384. The number of para-hydroxylation sites is 1. The van der Waals surface area contributed by atoms with Gasteiger partial charge in [0.05, 0.1) is 4.92 Å². The van der Waals surface area contributed by atoms with Gasteiger partial charge in [0.15, 0.2) is 0 Å². The average Bonchev–Trinajstić information content (AvgIpc) is 2.47. The Morgan fingerprint density at radius 1 is 1.19 bits per heavy atom. The minimum Gasteiger partial charge on any atom is -0.423 e. The van der Waals surface area contributed by atoms with Crippen LogP contribution in [-0.4, -0.2) is 10.9 Å². The summed E-state index contributed by atoms with van der Waals surface area (Å²) < 4.78 is 5.05. The maximum atomic E-state index is 11.6. The van der Waals surface area contributed by atoms with E-state index in [2.05, 4.69) is 0 Å². The molecule has 21 heavy (non-hydrogen) atoms. The van der Waals surface area contributed by atoms with Gasteiger partial charge < -0.3 is 4.74 Å². The number of carbonyl (C=O) groups is 1. The fourth-order valence-electron chi connectivity index (χ4n) is 1.57. The topological polar surface area (TPSA) is 69.4 Å². The molecule has 0 aromatic heterocycles. The lowest BCUT2D eigenvalue weighted by Crippen LogP contribution is -2.03. The van der Waals surface area contributed by atoms with E-state index in [0.29, 0.717) is 16.3 Å². The van der Waals surface area contributed by atoms with Gasteiger partial charge in [0, 0.05) is 28.8 Å². The third-order valence-electron chi connectivity index (χ3n) is 2.55. The number of nitro groups is 1. The van der Waals surface area contributed by atoms with Gasteiger partial charge in [-0.05, 0) is 24.3 Å². The van der Waals surface area contributed by atoms with E-state index in [1.165, 1.54) is 24.3 Å². The largest absolute Gasteiger partial charge is 0.423 e. The minimum atomic E-state index is -0.594. The molecule has 0 bridgehead atoms. The normalized spacial score (nSPS) is 10.5.